The molecule has 0 aliphatic carbocycles. The molecular weight excluding hydrogens is 186 g/mol. The van der Waals surface area contributed by atoms with E-state index in [1.54, 1.807) is 7.11 Å². The Bertz CT molecular complexity index is 265. The second-order valence-corrected chi connectivity index (χ2v) is 3.88. The standard InChI is InChI=1S/C8H13N3OS/c1-6(12-2)7-9-8(13-10-7)11-4-3-5-11/h6H,3-5H2,1-2H3. The molecule has 4 nitrogen and oxygen atoms in total. The normalized spacial score (nSPS) is 18.5. The largest absolute Gasteiger partial charge is 0.374 e. The van der Waals surface area contributed by atoms with Gasteiger partial charge in [-0.25, -0.2) is 4.98 Å². The van der Waals surface area contributed by atoms with Crippen LogP contribution < -0.4 is 4.90 Å². The lowest BCUT2D eigenvalue weighted by Crippen LogP contribution is -2.36. The van der Waals surface area contributed by atoms with Crippen molar-refractivity contribution in [3.05, 3.63) is 5.82 Å². The maximum absolute atomic E-state index is 5.14. The minimum Gasteiger partial charge on any atom is -0.374 e. The molecule has 1 fully saturated rings. The van der Waals surface area contributed by atoms with Crippen LogP contribution >= 0.6 is 11.5 Å². The highest BCUT2D eigenvalue weighted by Crippen LogP contribution is 2.25. The number of methoxy groups -OCH3 is 1. The van der Waals surface area contributed by atoms with Gasteiger partial charge in [-0.05, 0) is 13.3 Å². The first-order chi connectivity index (χ1) is 6.31. The third-order valence-electron chi connectivity index (χ3n) is 2.27. The van der Waals surface area contributed by atoms with E-state index in [2.05, 4.69) is 14.3 Å². The van der Waals surface area contributed by atoms with Crippen molar-refractivity contribution < 1.29 is 4.74 Å². The minimum atomic E-state index is 0.00581. The van der Waals surface area contributed by atoms with Gasteiger partial charge in [-0.2, -0.15) is 4.37 Å². The minimum absolute atomic E-state index is 0.00581. The summed E-state index contributed by atoms with van der Waals surface area (Å²) in [5, 5.41) is 1.03. The number of ether oxygens (including phenoxy) is 1. The molecule has 0 N–H and O–H groups in total. The second-order valence-electron chi connectivity index (χ2n) is 3.15. The van der Waals surface area contributed by atoms with Gasteiger partial charge in [0, 0.05) is 31.7 Å². The fraction of sp³-hybridized carbons (Fsp3) is 0.750. The molecule has 72 valence electrons. The Labute approximate surface area is 81.7 Å². The van der Waals surface area contributed by atoms with Crippen LogP contribution in [-0.4, -0.2) is 29.6 Å². The molecule has 1 saturated heterocycles. The first-order valence-electron chi connectivity index (χ1n) is 4.42. The van der Waals surface area contributed by atoms with E-state index in [1.165, 1.54) is 18.0 Å². The Kier molecular flexibility index (Phi) is 2.46. The highest BCUT2D eigenvalue weighted by Gasteiger charge is 2.20. The van der Waals surface area contributed by atoms with Crippen molar-refractivity contribution >= 4 is 16.7 Å². The van der Waals surface area contributed by atoms with E-state index in [0.717, 1.165) is 24.0 Å². The van der Waals surface area contributed by atoms with Crippen LogP contribution in [0.1, 0.15) is 25.3 Å². The molecule has 1 aromatic rings. The van der Waals surface area contributed by atoms with Crippen LogP contribution in [0.15, 0.2) is 0 Å². The van der Waals surface area contributed by atoms with E-state index in [4.69, 9.17) is 4.74 Å². The molecule has 0 amide bonds. The summed E-state index contributed by atoms with van der Waals surface area (Å²) >= 11 is 1.46. The van der Waals surface area contributed by atoms with Crippen molar-refractivity contribution in [3.8, 4) is 0 Å². The van der Waals surface area contributed by atoms with Crippen LogP contribution in [-0.2, 0) is 4.74 Å². The summed E-state index contributed by atoms with van der Waals surface area (Å²) in [5.74, 6) is 0.800. The Hall–Kier alpha value is -0.680. The smallest absolute Gasteiger partial charge is 0.205 e. The zero-order valence-corrected chi connectivity index (χ0v) is 8.67. The van der Waals surface area contributed by atoms with Crippen LogP contribution in [0.25, 0.3) is 0 Å². The van der Waals surface area contributed by atoms with Gasteiger partial charge in [-0.1, -0.05) is 0 Å². The molecule has 1 unspecified atom stereocenters. The zero-order chi connectivity index (χ0) is 9.26. The fourth-order valence-electron chi connectivity index (χ4n) is 1.13. The van der Waals surface area contributed by atoms with Crippen molar-refractivity contribution in [2.75, 3.05) is 25.1 Å². The van der Waals surface area contributed by atoms with Gasteiger partial charge in [-0.3, -0.25) is 0 Å². The quantitative estimate of drug-likeness (QED) is 0.738. The SMILES string of the molecule is COC(C)c1nsc(N2CCC2)n1. The van der Waals surface area contributed by atoms with Crippen molar-refractivity contribution in [1.29, 1.82) is 0 Å². The average Bonchev–Trinajstić information content (AvgIpc) is 2.49. The monoisotopic (exact) mass is 199 g/mol. The third kappa shape index (κ3) is 1.66. The van der Waals surface area contributed by atoms with Gasteiger partial charge in [0.05, 0.1) is 0 Å². The molecular formula is C8H13N3OS. The van der Waals surface area contributed by atoms with Crippen LogP contribution in [0.4, 0.5) is 5.13 Å². The summed E-state index contributed by atoms with van der Waals surface area (Å²) in [6.45, 7) is 4.20. The third-order valence-corrected chi connectivity index (χ3v) is 3.07. The predicted molar refractivity (Wildman–Crippen MR) is 52.2 cm³/mol. The van der Waals surface area contributed by atoms with E-state index in [9.17, 15) is 0 Å². The number of hydrogen-bond donors (Lipinski definition) is 0. The summed E-state index contributed by atoms with van der Waals surface area (Å²) in [5.41, 5.74) is 0. The first kappa shape index (κ1) is 8.90. The molecule has 1 aliphatic heterocycles. The van der Waals surface area contributed by atoms with Gasteiger partial charge in [0.2, 0.25) is 5.13 Å². The molecule has 1 aliphatic rings. The van der Waals surface area contributed by atoms with Crippen molar-refractivity contribution in [2.45, 2.75) is 19.4 Å². The van der Waals surface area contributed by atoms with Crippen molar-refractivity contribution in [1.82, 2.24) is 9.36 Å². The maximum Gasteiger partial charge on any atom is 0.205 e. The Morgan fingerprint density at radius 1 is 1.54 bits per heavy atom. The zero-order valence-electron chi connectivity index (χ0n) is 7.86. The van der Waals surface area contributed by atoms with Crippen LogP contribution in [0.2, 0.25) is 0 Å². The highest BCUT2D eigenvalue weighted by molar-refractivity contribution is 7.09. The number of aromatic nitrogens is 2. The lowest BCUT2D eigenvalue weighted by atomic mass is 10.2. The van der Waals surface area contributed by atoms with Gasteiger partial charge in [0.15, 0.2) is 5.82 Å². The molecule has 13 heavy (non-hydrogen) atoms. The van der Waals surface area contributed by atoms with E-state index >= 15 is 0 Å². The van der Waals surface area contributed by atoms with Gasteiger partial charge in [0.1, 0.15) is 6.10 Å². The Balaban J connectivity index is 2.08. The highest BCUT2D eigenvalue weighted by atomic mass is 32.1. The van der Waals surface area contributed by atoms with Crippen LogP contribution in [0, 0.1) is 0 Å². The number of anilines is 1. The molecule has 1 aromatic heterocycles. The fourth-order valence-corrected chi connectivity index (χ4v) is 1.93. The van der Waals surface area contributed by atoms with Gasteiger partial charge >= 0.3 is 0 Å². The van der Waals surface area contributed by atoms with Crippen LogP contribution in [0.5, 0.6) is 0 Å². The molecule has 0 radical (unpaired) electrons. The maximum atomic E-state index is 5.14. The number of hydrogen-bond acceptors (Lipinski definition) is 5. The average molecular weight is 199 g/mol. The summed E-state index contributed by atoms with van der Waals surface area (Å²) < 4.78 is 9.40. The van der Waals surface area contributed by atoms with Gasteiger partial charge in [0.25, 0.3) is 0 Å². The summed E-state index contributed by atoms with van der Waals surface area (Å²) in [7, 11) is 1.68. The van der Waals surface area contributed by atoms with E-state index in [1.807, 2.05) is 6.92 Å². The van der Waals surface area contributed by atoms with E-state index in [-0.39, 0.29) is 6.10 Å². The molecule has 2 rings (SSSR count). The predicted octanol–water partition coefficient (Wildman–Crippen LogP) is 1.46. The second kappa shape index (κ2) is 3.59. The van der Waals surface area contributed by atoms with Gasteiger partial charge < -0.3 is 9.64 Å². The molecule has 5 heteroatoms. The Morgan fingerprint density at radius 2 is 2.31 bits per heavy atom. The topological polar surface area (TPSA) is 38.2 Å². The summed E-state index contributed by atoms with van der Waals surface area (Å²) in [6.07, 6.45) is 1.28. The molecule has 0 saturated carbocycles. The lowest BCUT2D eigenvalue weighted by Gasteiger charge is -2.29. The first-order valence-corrected chi connectivity index (χ1v) is 5.20. The summed E-state index contributed by atoms with van der Waals surface area (Å²) in [6, 6.07) is 0. The summed E-state index contributed by atoms with van der Waals surface area (Å²) in [4.78, 5) is 6.65. The van der Waals surface area contributed by atoms with Crippen LogP contribution in [0.3, 0.4) is 0 Å². The molecule has 1 atom stereocenters. The molecule has 0 spiro atoms. The van der Waals surface area contributed by atoms with Gasteiger partial charge in [-0.15, -0.1) is 0 Å². The lowest BCUT2D eigenvalue weighted by molar-refractivity contribution is 0.113. The molecule has 2 heterocycles. The van der Waals surface area contributed by atoms with E-state index in [0.29, 0.717) is 0 Å². The number of nitrogens with zero attached hydrogens (tertiary/aromatic N) is 3. The van der Waals surface area contributed by atoms with E-state index < -0.39 is 0 Å². The Morgan fingerprint density at radius 3 is 2.85 bits per heavy atom. The van der Waals surface area contributed by atoms with Crippen molar-refractivity contribution in [2.24, 2.45) is 0 Å². The molecule has 0 aromatic carbocycles. The molecule has 0 bridgehead atoms. The van der Waals surface area contributed by atoms with Crippen molar-refractivity contribution in [3.63, 3.8) is 0 Å². The number of rotatable bonds is 3.